The molecule has 0 radical (unpaired) electrons. The van der Waals surface area contributed by atoms with Crippen LogP contribution in [0.1, 0.15) is 24.6 Å². The Morgan fingerprint density at radius 2 is 2.10 bits per heavy atom. The summed E-state index contributed by atoms with van der Waals surface area (Å²) in [5.41, 5.74) is 3.35. The average Bonchev–Trinajstić information content (AvgIpc) is 3.01. The molecular weight excluding hydrogens is 282 g/mol. The summed E-state index contributed by atoms with van der Waals surface area (Å²) in [4.78, 5) is 9.49. The van der Waals surface area contributed by atoms with Gasteiger partial charge in [0.15, 0.2) is 5.82 Å². The number of hydrogen-bond donors (Lipinski definition) is 1. The summed E-state index contributed by atoms with van der Waals surface area (Å²) in [6.45, 7) is 3.09. The van der Waals surface area contributed by atoms with Crippen molar-refractivity contribution in [1.82, 2.24) is 9.97 Å². The zero-order valence-corrected chi connectivity index (χ0v) is 13.2. The molecule has 0 amide bonds. The lowest BCUT2D eigenvalue weighted by molar-refractivity contribution is 0.416. The van der Waals surface area contributed by atoms with E-state index in [9.17, 15) is 0 Å². The Morgan fingerprint density at radius 3 is 2.90 bits per heavy atom. The Labute approximate surface area is 129 Å². The Morgan fingerprint density at radius 1 is 1.24 bits per heavy atom. The molecule has 0 saturated carbocycles. The summed E-state index contributed by atoms with van der Waals surface area (Å²) < 4.78 is 5.43. The highest BCUT2D eigenvalue weighted by Gasteiger charge is 2.21. The Hall–Kier alpha value is -1.75. The summed E-state index contributed by atoms with van der Waals surface area (Å²) in [5, 5.41) is 3.44. The predicted octanol–water partition coefficient (Wildman–Crippen LogP) is 3.72. The SMILES string of the molecule is CCCNc1nc(-c2ccccc2OC)nc2c1CSC2. The van der Waals surface area contributed by atoms with Crippen molar-refractivity contribution in [3.8, 4) is 17.1 Å². The fourth-order valence-electron chi connectivity index (χ4n) is 2.39. The van der Waals surface area contributed by atoms with Gasteiger partial charge < -0.3 is 10.1 Å². The van der Waals surface area contributed by atoms with E-state index in [2.05, 4.69) is 12.2 Å². The van der Waals surface area contributed by atoms with Gasteiger partial charge in [0.1, 0.15) is 11.6 Å². The number of hydrogen-bond acceptors (Lipinski definition) is 5. The molecule has 2 heterocycles. The first kappa shape index (κ1) is 14.2. The minimum absolute atomic E-state index is 0.743. The van der Waals surface area contributed by atoms with Crippen molar-refractivity contribution >= 4 is 17.6 Å². The van der Waals surface area contributed by atoms with Crippen molar-refractivity contribution in [1.29, 1.82) is 0 Å². The van der Waals surface area contributed by atoms with Crippen LogP contribution in [0.3, 0.4) is 0 Å². The van der Waals surface area contributed by atoms with E-state index in [0.717, 1.165) is 53.1 Å². The minimum atomic E-state index is 0.743. The number of anilines is 1. The van der Waals surface area contributed by atoms with Crippen LogP contribution in [0.5, 0.6) is 5.75 Å². The van der Waals surface area contributed by atoms with Crippen LogP contribution < -0.4 is 10.1 Å². The normalized spacial score (nSPS) is 13.0. The average molecular weight is 301 g/mol. The highest BCUT2D eigenvalue weighted by atomic mass is 32.2. The maximum Gasteiger partial charge on any atom is 0.165 e. The number of aromatic nitrogens is 2. The van der Waals surface area contributed by atoms with Crippen LogP contribution >= 0.6 is 11.8 Å². The highest BCUT2D eigenvalue weighted by Crippen LogP contribution is 2.36. The molecule has 0 fully saturated rings. The summed E-state index contributed by atoms with van der Waals surface area (Å²) in [6.07, 6.45) is 1.08. The standard InChI is InChI=1S/C16H19N3OS/c1-3-8-17-15-12-9-21-10-13(12)18-16(19-15)11-6-4-5-7-14(11)20-2/h4-7H,3,8-10H2,1-2H3,(H,17,18,19). The summed E-state index contributed by atoms with van der Waals surface area (Å²) in [5.74, 6) is 4.48. The van der Waals surface area contributed by atoms with Gasteiger partial charge in [0.05, 0.1) is 18.4 Å². The quantitative estimate of drug-likeness (QED) is 0.912. The molecule has 3 rings (SSSR count). The van der Waals surface area contributed by atoms with Crippen molar-refractivity contribution in [2.45, 2.75) is 24.9 Å². The molecule has 0 unspecified atom stereocenters. The second-order valence-corrected chi connectivity index (χ2v) is 5.93. The lowest BCUT2D eigenvalue weighted by Crippen LogP contribution is -2.08. The Bertz CT molecular complexity index is 645. The van der Waals surface area contributed by atoms with Crippen LogP contribution in [-0.2, 0) is 11.5 Å². The fraction of sp³-hybridized carbons (Fsp3) is 0.375. The predicted molar refractivity (Wildman–Crippen MR) is 87.8 cm³/mol. The first-order chi connectivity index (χ1) is 10.3. The number of thioether (sulfide) groups is 1. The molecular formula is C16H19N3OS. The van der Waals surface area contributed by atoms with E-state index in [-0.39, 0.29) is 0 Å². The third-order valence-corrected chi connectivity index (χ3v) is 4.44. The molecule has 5 heteroatoms. The van der Waals surface area contributed by atoms with Gasteiger partial charge in [-0.3, -0.25) is 0 Å². The van der Waals surface area contributed by atoms with E-state index in [1.54, 1.807) is 7.11 Å². The number of rotatable bonds is 5. The van der Waals surface area contributed by atoms with Gasteiger partial charge in [-0.25, -0.2) is 9.97 Å². The van der Waals surface area contributed by atoms with Crippen LogP contribution in [0.15, 0.2) is 24.3 Å². The smallest absolute Gasteiger partial charge is 0.165 e. The molecule has 1 aromatic carbocycles. The van der Waals surface area contributed by atoms with Gasteiger partial charge in [-0.15, -0.1) is 0 Å². The van der Waals surface area contributed by atoms with E-state index < -0.39 is 0 Å². The first-order valence-corrected chi connectivity index (χ1v) is 8.33. The molecule has 1 aliphatic heterocycles. The summed E-state index contributed by atoms with van der Waals surface area (Å²) >= 11 is 1.89. The van der Waals surface area contributed by atoms with E-state index in [1.807, 2.05) is 36.0 Å². The van der Waals surface area contributed by atoms with Crippen LogP contribution in [0.2, 0.25) is 0 Å². The largest absolute Gasteiger partial charge is 0.496 e. The zero-order chi connectivity index (χ0) is 14.7. The molecule has 1 aliphatic rings. The number of nitrogens with zero attached hydrogens (tertiary/aromatic N) is 2. The number of fused-ring (bicyclic) bond motifs is 1. The zero-order valence-electron chi connectivity index (χ0n) is 12.3. The minimum Gasteiger partial charge on any atom is -0.496 e. The lowest BCUT2D eigenvalue weighted by atomic mass is 10.1. The van der Waals surface area contributed by atoms with Crippen LogP contribution in [-0.4, -0.2) is 23.6 Å². The number of methoxy groups -OCH3 is 1. The van der Waals surface area contributed by atoms with Gasteiger partial charge in [-0.05, 0) is 18.6 Å². The fourth-order valence-corrected chi connectivity index (χ4v) is 3.43. The maximum atomic E-state index is 5.43. The molecule has 0 saturated heterocycles. The highest BCUT2D eigenvalue weighted by molar-refractivity contribution is 7.98. The van der Waals surface area contributed by atoms with Crippen molar-refractivity contribution < 1.29 is 4.74 Å². The van der Waals surface area contributed by atoms with Gasteiger partial charge in [-0.2, -0.15) is 11.8 Å². The van der Waals surface area contributed by atoms with Gasteiger partial charge >= 0.3 is 0 Å². The monoisotopic (exact) mass is 301 g/mol. The third kappa shape index (κ3) is 2.83. The summed E-state index contributed by atoms with van der Waals surface area (Å²) in [6, 6.07) is 7.90. The number of nitrogens with one attached hydrogen (secondary N) is 1. The van der Waals surface area contributed by atoms with E-state index in [1.165, 1.54) is 5.56 Å². The van der Waals surface area contributed by atoms with Gasteiger partial charge in [-0.1, -0.05) is 19.1 Å². The Balaban J connectivity index is 2.07. The third-order valence-electron chi connectivity index (χ3n) is 3.47. The molecule has 0 atom stereocenters. The first-order valence-electron chi connectivity index (χ1n) is 7.18. The van der Waals surface area contributed by atoms with Crippen molar-refractivity contribution in [3.63, 3.8) is 0 Å². The van der Waals surface area contributed by atoms with Gasteiger partial charge in [0.2, 0.25) is 0 Å². The van der Waals surface area contributed by atoms with Crippen LogP contribution in [0.4, 0.5) is 5.82 Å². The molecule has 0 bridgehead atoms. The number of benzene rings is 1. The topological polar surface area (TPSA) is 47.0 Å². The van der Waals surface area contributed by atoms with E-state index >= 15 is 0 Å². The van der Waals surface area contributed by atoms with Crippen LogP contribution in [0, 0.1) is 0 Å². The number of ether oxygens (including phenoxy) is 1. The van der Waals surface area contributed by atoms with Crippen molar-refractivity contribution in [2.75, 3.05) is 19.0 Å². The van der Waals surface area contributed by atoms with Gasteiger partial charge in [0, 0.05) is 23.6 Å². The Kier molecular flexibility index (Phi) is 4.29. The second kappa shape index (κ2) is 6.35. The molecule has 110 valence electrons. The van der Waals surface area contributed by atoms with E-state index in [0.29, 0.717) is 0 Å². The van der Waals surface area contributed by atoms with Gasteiger partial charge in [0.25, 0.3) is 0 Å². The molecule has 21 heavy (non-hydrogen) atoms. The number of para-hydroxylation sites is 1. The molecule has 0 spiro atoms. The van der Waals surface area contributed by atoms with Crippen molar-refractivity contribution in [3.05, 3.63) is 35.5 Å². The molecule has 1 aromatic heterocycles. The molecule has 1 N–H and O–H groups in total. The molecule has 0 aliphatic carbocycles. The maximum absolute atomic E-state index is 5.43. The van der Waals surface area contributed by atoms with E-state index in [4.69, 9.17) is 14.7 Å². The second-order valence-electron chi connectivity index (χ2n) is 4.94. The lowest BCUT2D eigenvalue weighted by Gasteiger charge is -2.13. The summed E-state index contributed by atoms with van der Waals surface area (Å²) in [7, 11) is 1.68. The molecule has 2 aromatic rings. The van der Waals surface area contributed by atoms with Crippen LogP contribution in [0.25, 0.3) is 11.4 Å². The van der Waals surface area contributed by atoms with Crippen molar-refractivity contribution in [2.24, 2.45) is 0 Å². The molecule has 4 nitrogen and oxygen atoms in total.